The van der Waals surface area contributed by atoms with Crippen molar-refractivity contribution in [1.82, 2.24) is 15.0 Å². The van der Waals surface area contributed by atoms with Gasteiger partial charge in [0.1, 0.15) is 5.69 Å². The fourth-order valence-electron chi connectivity index (χ4n) is 2.21. The summed E-state index contributed by atoms with van der Waals surface area (Å²) in [6.07, 6.45) is -8.63. The Labute approximate surface area is 147 Å². The van der Waals surface area contributed by atoms with Gasteiger partial charge in [-0.1, -0.05) is 28.9 Å². The minimum absolute atomic E-state index is 0.0561. The summed E-state index contributed by atoms with van der Waals surface area (Å²) in [5.74, 6) is 0. The summed E-state index contributed by atoms with van der Waals surface area (Å²) in [5.41, 5.74) is -2.42. The molecule has 0 fully saturated rings. The first-order chi connectivity index (χ1) is 12.0. The van der Waals surface area contributed by atoms with E-state index in [-0.39, 0.29) is 11.8 Å². The van der Waals surface area contributed by atoms with E-state index in [9.17, 15) is 26.3 Å². The van der Waals surface area contributed by atoms with E-state index in [1.165, 1.54) is 6.20 Å². The lowest BCUT2D eigenvalue weighted by atomic mass is 10.1. The largest absolute Gasteiger partial charge is 0.416 e. The lowest BCUT2D eigenvalue weighted by Crippen LogP contribution is -2.12. The van der Waals surface area contributed by atoms with Crippen molar-refractivity contribution in [2.24, 2.45) is 0 Å². The normalized spacial score (nSPS) is 12.4. The Morgan fingerprint density at radius 1 is 0.808 bits per heavy atom. The monoisotopic (exact) mass is 391 g/mol. The number of hydrogen-bond acceptors (Lipinski definition) is 2. The maximum absolute atomic E-state index is 12.9. The van der Waals surface area contributed by atoms with Crippen LogP contribution in [0.3, 0.4) is 0 Å². The van der Waals surface area contributed by atoms with Crippen molar-refractivity contribution >= 4 is 11.6 Å². The van der Waals surface area contributed by atoms with Crippen LogP contribution in [0.2, 0.25) is 5.02 Å². The Morgan fingerprint density at radius 2 is 1.35 bits per heavy atom. The first kappa shape index (κ1) is 18.2. The molecule has 3 aromatic rings. The SMILES string of the molecule is FC(F)(F)c1cc(-n2cc(-c3ccc(Cl)cc3)nn2)cc(C(F)(F)F)c1. The maximum atomic E-state index is 12.9. The molecule has 26 heavy (non-hydrogen) atoms. The first-order valence-corrected chi connectivity index (χ1v) is 7.40. The molecule has 1 aromatic heterocycles. The van der Waals surface area contributed by atoms with Crippen molar-refractivity contribution in [1.29, 1.82) is 0 Å². The molecule has 0 atom stereocenters. The lowest BCUT2D eigenvalue weighted by Gasteiger charge is -2.13. The van der Waals surface area contributed by atoms with Crippen molar-refractivity contribution in [2.75, 3.05) is 0 Å². The highest BCUT2D eigenvalue weighted by Crippen LogP contribution is 2.37. The lowest BCUT2D eigenvalue weighted by molar-refractivity contribution is -0.143. The third kappa shape index (κ3) is 3.82. The van der Waals surface area contributed by atoms with Crippen LogP contribution in [0.1, 0.15) is 11.1 Å². The summed E-state index contributed by atoms with van der Waals surface area (Å²) in [6.45, 7) is 0. The van der Waals surface area contributed by atoms with Crippen LogP contribution >= 0.6 is 11.6 Å². The minimum Gasteiger partial charge on any atom is -0.220 e. The third-order valence-corrected chi connectivity index (χ3v) is 3.72. The second-order valence-corrected chi connectivity index (χ2v) is 5.76. The van der Waals surface area contributed by atoms with E-state index >= 15 is 0 Å². The fraction of sp³-hybridized carbons (Fsp3) is 0.125. The molecule has 0 saturated heterocycles. The van der Waals surface area contributed by atoms with Crippen LogP contribution in [-0.4, -0.2) is 15.0 Å². The molecule has 0 aliphatic carbocycles. The quantitative estimate of drug-likeness (QED) is 0.530. The molecule has 136 valence electrons. The highest BCUT2D eigenvalue weighted by molar-refractivity contribution is 6.30. The average molecular weight is 392 g/mol. The van der Waals surface area contributed by atoms with Crippen LogP contribution in [0.15, 0.2) is 48.7 Å². The molecule has 0 saturated carbocycles. The maximum Gasteiger partial charge on any atom is 0.416 e. The molecule has 0 aliphatic rings. The molecule has 3 nitrogen and oxygen atoms in total. The molecule has 0 amide bonds. The van der Waals surface area contributed by atoms with Gasteiger partial charge in [0.25, 0.3) is 0 Å². The average Bonchev–Trinajstić information content (AvgIpc) is 3.03. The summed E-state index contributed by atoms with van der Waals surface area (Å²) >= 11 is 5.77. The van der Waals surface area contributed by atoms with Crippen molar-refractivity contribution in [3.8, 4) is 16.9 Å². The smallest absolute Gasteiger partial charge is 0.220 e. The van der Waals surface area contributed by atoms with E-state index in [1.54, 1.807) is 24.3 Å². The Bertz CT molecular complexity index is 896. The summed E-state index contributed by atoms with van der Waals surface area (Å²) in [7, 11) is 0. The number of nitrogens with zero attached hydrogens (tertiary/aromatic N) is 3. The Kier molecular flexibility index (Phi) is 4.43. The van der Waals surface area contributed by atoms with Crippen molar-refractivity contribution in [3.05, 3.63) is 64.8 Å². The zero-order chi connectivity index (χ0) is 19.1. The summed E-state index contributed by atoms with van der Waals surface area (Å²) < 4.78 is 78.5. The molecule has 2 aromatic carbocycles. The Balaban J connectivity index is 2.07. The molecule has 0 aliphatic heterocycles. The number of aromatic nitrogens is 3. The zero-order valence-electron chi connectivity index (χ0n) is 12.6. The number of alkyl halides is 6. The van der Waals surface area contributed by atoms with Crippen LogP contribution in [-0.2, 0) is 12.4 Å². The van der Waals surface area contributed by atoms with Crippen LogP contribution in [0.5, 0.6) is 0 Å². The molecule has 0 bridgehead atoms. The standard InChI is InChI=1S/C16H8ClF6N3/c17-12-3-1-9(2-4-12)14-8-26(25-24-14)13-6-10(15(18,19)20)5-11(7-13)16(21,22)23/h1-8H. The molecule has 1 heterocycles. The summed E-state index contributed by atoms with van der Waals surface area (Å²) in [4.78, 5) is 0. The van der Waals surface area contributed by atoms with Crippen LogP contribution < -0.4 is 0 Å². The number of benzene rings is 2. The highest BCUT2D eigenvalue weighted by atomic mass is 35.5. The number of halogens is 7. The Morgan fingerprint density at radius 3 is 1.85 bits per heavy atom. The molecule has 0 radical (unpaired) electrons. The topological polar surface area (TPSA) is 30.7 Å². The fourth-order valence-corrected chi connectivity index (χ4v) is 2.34. The number of rotatable bonds is 2. The molecule has 0 N–H and O–H groups in total. The van der Waals surface area contributed by atoms with Gasteiger partial charge in [0.05, 0.1) is 23.0 Å². The molecular weight excluding hydrogens is 384 g/mol. The van der Waals surface area contributed by atoms with E-state index in [4.69, 9.17) is 11.6 Å². The van der Waals surface area contributed by atoms with Crippen molar-refractivity contribution in [3.63, 3.8) is 0 Å². The second-order valence-electron chi connectivity index (χ2n) is 5.32. The van der Waals surface area contributed by atoms with E-state index in [2.05, 4.69) is 10.3 Å². The van der Waals surface area contributed by atoms with Gasteiger partial charge in [-0.05, 0) is 30.3 Å². The van der Waals surface area contributed by atoms with Crippen LogP contribution in [0.4, 0.5) is 26.3 Å². The van der Waals surface area contributed by atoms with Gasteiger partial charge in [0, 0.05) is 10.6 Å². The highest BCUT2D eigenvalue weighted by Gasteiger charge is 2.37. The van der Waals surface area contributed by atoms with Gasteiger partial charge >= 0.3 is 12.4 Å². The van der Waals surface area contributed by atoms with E-state index < -0.39 is 29.2 Å². The van der Waals surface area contributed by atoms with Gasteiger partial charge in [-0.15, -0.1) is 5.10 Å². The van der Waals surface area contributed by atoms with Gasteiger partial charge in [-0.2, -0.15) is 26.3 Å². The minimum atomic E-state index is -4.93. The van der Waals surface area contributed by atoms with Gasteiger partial charge in [0.15, 0.2) is 0 Å². The van der Waals surface area contributed by atoms with Crippen LogP contribution in [0, 0.1) is 0 Å². The van der Waals surface area contributed by atoms with Crippen molar-refractivity contribution < 1.29 is 26.3 Å². The molecule has 0 unspecified atom stereocenters. The first-order valence-electron chi connectivity index (χ1n) is 7.02. The summed E-state index contributed by atoms with van der Waals surface area (Å²) in [5, 5.41) is 7.88. The van der Waals surface area contributed by atoms with Gasteiger partial charge < -0.3 is 0 Å². The molecule has 3 rings (SSSR count). The van der Waals surface area contributed by atoms with Gasteiger partial charge in [-0.25, -0.2) is 4.68 Å². The van der Waals surface area contributed by atoms with E-state index in [0.29, 0.717) is 22.7 Å². The van der Waals surface area contributed by atoms with E-state index in [1.807, 2.05) is 0 Å². The molecule has 10 heteroatoms. The van der Waals surface area contributed by atoms with Crippen LogP contribution in [0.25, 0.3) is 16.9 Å². The summed E-state index contributed by atoms with van der Waals surface area (Å²) in [6, 6.07) is 7.56. The Hall–Kier alpha value is -2.55. The second kappa shape index (κ2) is 6.31. The number of hydrogen-bond donors (Lipinski definition) is 0. The third-order valence-electron chi connectivity index (χ3n) is 3.47. The van der Waals surface area contributed by atoms with E-state index in [0.717, 1.165) is 4.68 Å². The predicted octanol–water partition coefficient (Wildman–Crippen LogP) is 5.63. The van der Waals surface area contributed by atoms with Gasteiger partial charge in [-0.3, -0.25) is 0 Å². The molecule has 0 spiro atoms. The molecular formula is C16H8ClF6N3. The zero-order valence-corrected chi connectivity index (χ0v) is 13.4. The van der Waals surface area contributed by atoms with Gasteiger partial charge in [0.2, 0.25) is 0 Å². The predicted molar refractivity (Wildman–Crippen MR) is 81.8 cm³/mol. The van der Waals surface area contributed by atoms with Crippen molar-refractivity contribution in [2.45, 2.75) is 12.4 Å².